The zero-order valence-corrected chi connectivity index (χ0v) is 20.6. The molecule has 0 saturated carbocycles. The zero-order chi connectivity index (χ0) is 23.0. The van der Waals surface area contributed by atoms with Gasteiger partial charge in [0.2, 0.25) is 0 Å². The molecule has 3 aromatic carbocycles. The van der Waals surface area contributed by atoms with Crippen LogP contribution in [-0.2, 0) is 16.6 Å². The second-order valence-corrected chi connectivity index (χ2v) is 9.96. The van der Waals surface area contributed by atoms with E-state index in [0.717, 1.165) is 27.6 Å². The third-order valence-electron chi connectivity index (χ3n) is 5.38. The van der Waals surface area contributed by atoms with E-state index >= 15 is 0 Å². The van der Waals surface area contributed by atoms with Crippen molar-refractivity contribution in [2.24, 2.45) is 0 Å². The molecular formula is C25H27ClFN3O2S. The first kappa shape index (κ1) is 24.8. The Kier molecular flexibility index (Phi) is 7.17. The van der Waals surface area contributed by atoms with E-state index in [0.29, 0.717) is 23.4 Å². The summed E-state index contributed by atoms with van der Waals surface area (Å²) in [5.41, 5.74) is 4.93. The van der Waals surface area contributed by atoms with Crippen LogP contribution >= 0.6 is 12.4 Å². The molecule has 174 valence electrons. The van der Waals surface area contributed by atoms with Gasteiger partial charge in [-0.1, -0.05) is 18.2 Å². The fraction of sp³-hybridized carbons (Fsp3) is 0.200. The second kappa shape index (κ2) is 9.55. The van der Waals surface area contributed by atoms with Crippen LogP contribution in [-0.4, -0.2) is 19.4 Å². The molecule has 0 radical (unpaired) electrons. The SMILES string of the molecule is CNCc1cn(S(=O)(=O)c2cc(C)cc(C)c2)c2cc(Nc3ccc(C)cc3F)ccc12.Cl. The fourth-order valence-electron chi connectivity index (χ4n) is 3.95. The largest absolute Gasteiger partial charge is 0.353 e. The van der Waals surface area contributed by atoms with Gasteiger partial charge in [0.1, 0.15) is 5.82 Å². The van der Waals surface area contributed by atoms with Gasteiger partial charge in [-0.3, -0.25) is 0 Å². The highest BCUT2D eigenvalue weighted by atomic mass is 35.5. The number of halogens is 2. The Hall–Kier alpha value is -2.87. The van der Waals surface area contributed by atoms with Gasteiger partial charge in [-0.2, -0.15) is 0 Å². The van der Waals surface area contributed by atoms with Gasteiger partial charge in [0.25, 0.3) is 10.0 Å². The normalized spacial score (nSPS) is 11.4. The third-order valence-corrected chi connectivity index (χ3v) is 7.03. The summed E-state index contributed by atoms with van der Waals surface area (Å²) in [5, 5.41) is 6.98. The van der Waals surface area contributed by atoms with Crippen molar-refractivity contribution in [3.8, 4) is 0 Å². The number of nitrogens with one attached hydrogen (secondary N) is 2. The van der Waals surface area contributed by atoms with Gasteiger partial charge in [0.15, 0.2) is 0 Å². The Morgan fingerprint density at radius 3 is 2.24 bits per heavy atom. The molecule has 0 saturated heterocycles. The zero-order valence-electron chi connectivity index (χ0n) is 18.9. The highest BCUT2D eigenvalue weighted by Gasteiger charge is 2.22. The number of hydrogen-bond donors (Lipinski definition) is 2. The monoisotopic (exact) mass is 487 g/mol. The summed E-state index contributed by atoms with van der Waals surface area (Å²) in [6.45, 7) is 6.10. The molecule has 33 heavy (non-hydrogen) atoms. The topological polar surface area (TPSA) is 63.1 Å². The van der Waals surface area contributed by atoms with Crippen LogP contribution in [0.25, 0.3) is 10.9 Å². The number of rotatable bonds is 6. The van der Waals surface area contributed by atoms with Crippen LogP contribution in [0.4, 0.5) is 15.8 Å². The molecule has 5 nitrogen and oxygen atoms in total. The minimum Gasteiger partial charge on any atom is -0.353 e. The summed E-state index contributed by atoms with van der Waals surface area (Å²) >= 11 is 0. The fourth-order valence-corrected chi connectivity index (χ4v) is 5.52. The molecule has 0 bridgehead atoms. The molecular weight excluding hydrogens is 461 g/mol. The molecule has 0 amide bonds. The Morgan fingerprint density at radius 1 is 0.909 bits per heavy atom. The summed E-state index contributed by atoms with van der Waals surface area (Å²) < 4.78 is 42.9. The minimum absolute atomic E-state index is 0. The van der Waals surface area contributed by atoms with Crippen molar-refractivity contribution in [2.45, 2.75) is 32.2 Å². The average Bonchev–Trinajstić information content (AvgIpc) is 3.08. The van der Waals surface area contributed by atoms with Crippen molar-refractivity contribution >= 4 is 44.7 Å². The number of hydrogen-bond acceptors (Lipinski definition) is 4. The molecule has 0 aliphatic carbocycles. The summed E-state index contributed by atoms with van der Waals surface area (Å²) in [5.74, 6) is -0.362. The van der Waals surface area contributed by atoms with Gasteiger partial charge in [-0.05, 0) is 86.5 Å². The van der Waals surface area contributed by atoms with Crippen molar-refractivity contribution in [3.63, 3.8) is 0 Å². The maximum Gasteiger partial charge on any atom is 0.268 e. The number of fused-ring (bicyclic) bond motifs is 1. The van der Waals surface area contributed by atoms with Crippen LogP contribution in [0.5, 0.6) is 0 Å². The predicted molar refractivity (Wildman–Crippen MR) is 135 cm³/mol. The van der Waals surface area contributed by atoms with E-state index in [1.54, 1.807) is 30.5 Å². The van der Waals surface area contributed by atoms with E-state index in [2.05, 4.69) is 10.6 Å². The Bertz CT molecular complexity index is 1410. The molecule has 2 N–H and O–H groups in total. The van der Waals surface area contributed by atoms with Gasteiger partial charge >= 0.3 is 0 Å². The van der Waals surface area contributed by atoms with Gasteiger partial charge in [0, 0.05) is 23.8 Å². The van der Waals surface area contributed by atoms with Gasteiger partial charge in [-0.25, -0.2) is 16.8 Å². The van der Waals surface area contributed by atoms with Gasteiger partial charge < -0.3 is 10.6 Å². The molecule has 0 unspecified atom stereocenters. The molecule has 0 aliphatic rings. The van der Waals surface area contributed by atoms with E-state index in [9.17, 15) is 12.8 Å². The number of benzene rings is 3. The van der Waals surface area contributed by atoms with E-state index < -0.39 is 10.0 Å². The molecule has 0 fully saturated rings. The Morgan fingerprint density at radius 2 is 1.61 bits per heavy atom. The average molecular weight is 488 g/mol. The standard InChI is InChI=1S/C25H26FN3O2S.ClH/c1-16-5-8-24(23(26)12-16)28-20-6-7-22-19(14-27-4)15-29(25(22)13-20)32(30,31)21-10-17(2)9-18(3)11-21;/h5-13,15,27-28H,14H2,1-4H3;1H. The summed E-state index contributed by atoms with van der Waals surface area (Å²) in [7, 11) is -2.01. The molecule has 4 aromatic rings. The van der Waals surface area contributed by atoms with Crippen molar-refractivity contribution < 1.29 is 12.8 Å². The summed E-state index contributed by atoms with van der Waals surface area (Å²) in [4.78, 5) is 0.242. The lowest BCUT2D eigenvalue weighted by Crippen LogP contribution is -2.13. The molecule has 0 spiro atoms. The minimum atomic E-state index is -3.82. The smallest absolute Gasteiger partial charge is 0.268 e. The first-order chi connectivity index (χ1) is 15.2. The maximum atomic E-state index is 14.3. The predicted octanol–water partition coefficient (Wildman–Crippen LogP) is 5.83. The first-order valence-electron chi connectivity index (χ1n) is 10.3. The van der Waals surface area contributed by atoms with E-state index in [4.69, 9.17) is 0 Å². The first-order valence-corrected chi connectivity index (χ1v) is 11.8. The van der Waals surface area contributed by atoms with Crippen molar-refractivity contribution in [1.29, 1.82) is 0 Å². The molecule has 4 rings (SSSR count). The number of aromatic nitrogens is 1. The highest BCUT2D eigenvalue weighted by Crippen LogP contribution is 2.31. The quantitative estimate of drug-likeness (QED) is 0.359. The molecule has 0 atom stereocenters. The lowest BCUT2D eigenvalue weighted by atomic mass is 10.1. The molecule has 1 heterocycles. The van der Waals surface area contributed by atoms with Crippen LogP contribution in [0.3, 0.4) is 0 Å². The van der Waals surface area contributed by atoms with Gasteiger partial charge in [-0.15, -0.1) is 12.4 Å². The van der Waals surface area contributed by atoms with Crippen molar-refractivity contribution in [2.75, 3.05) is 12.4 Å². The number of nitrogens with zero attached hydrogens (tertiary/aromatic N) is 1. The number of aryl methyl sites for hydroxylation is 3. The second-order valence-electron chi connectivity index (χ2n) is 8.15. The van der Waals surface area contributed by atoms with Crippen molar-refractivity contribution in [1.82, 2.24) is 9.29 Å². The highest BCUT2D eigenvalue weighted by molar-refractivity contribution is 7.90. The van der Waals surface area contributed by atoms with Gasteiger partial charge in [0.05, 0.1) is 16.1 Å². The van der Waals surface area contributed by atoms with Crippen LogP contribution in [0, 0.1) is 26.6 Å². The maximum absolute atomic E-state index is 14.3. The molecule has 8 heteroatoms. The lowest BCUT2D eigenvalue weighted by Gasteiger charge is -2.12. The van der Waals surface area contributed by atoms with Crippen LogP contribution < -0.4 is 10.6 Å². The van der Waals surface area contributed by atoms with E-state index in [-0.39, 0.29) is 23.1 Å². The van der Waals surface area contributed by atoms with E-state index in [1.807, 2.05) is 52.1 Å². The van der Waals surface area contributed by atoms with Crippen LogP contribution in [0.2, 0.25) is 0 Å². The summed E-state index contributed by atoms with van der Waals surface area (Å²) in [6.07, 6.45) is 1.66. The Labute approximate surface area is 200 Å². The van der Waals surface area contributed by atoms with Crippen LogP contribution in [0.1, 0.15) is 22.3 Å². The molecule has 1 aromatic heterocycles. The molecule has 0 aliphatic heterocycles. The summed E-state index contributed by atoms with van der Waals surface area (Å²) in [6, 6.07) is 15.7. The lowest BCUT2D eigenvalue weighted by molar-refractivity contribution is 0.588. The van der Waals surface area contributed by atoms with Crippen molar-refractivity contribution in [3.05, 3.63) is 88.9 Å². The Balaban J connectivity index is 0.00000306. The third kappa shape index (κ3) is 4.90. The van der Waals surface area contributed by atoms with E-state index in [1.165, 1.54) is 10.0 Å². The van der Waals surface area contributed by atoms with Crippen LogP contribution in [0.15, 0.2) is 65.7 Å². The number of anilines is 2.